The Morgan fingerprint density at radius 3 is 2.89 bits per heavy atom. The molecule has 0 bridgehead atoms. The van der Waals surface area contributed by atoms with Crippen LogP contribution in [0.5, 0.6) is 5.75 Å². The van der Waals surface area contributed by atoms with Gasteiger partial charge in [-0.1, -0.05) is 23.4 Å². The monoisotopic (exact) mass is 263 g/mol. The summed E-state index contributed by atoms with van der Waals surface area (Å²) in [6, 6.07) is 8.42. The number of para-hydroxylation sites is 1. The second kappa shape index (κ2) is 5.93. The highest BCUT2D eigenvalue weighted by Crippen LogP contribution is 2.28. The molecule has 0 spiro atoms. The summed E-state index contributed by atoms with van der Waals surface area (Å²) in [6.07, 6.45) is 1.04. The zero-order chi connectivity index (χ0) is 13.8. The minimum Gasteiger partial charge on any atom is -0.488 e. The van der Waals surface area contributed by atoms with Crippen LogP contribution in [0.4, 0.5) is 0 Å². The standard InChI is InChI=1S/C14H21N3O2/c1-10(2)17(9-14(15)16-18)8-12-7-11-5-3-4-6-13(11)19-12/h3-6,10,12,18H,7-9H2,1-2H3,(H2,15,16). The van der Waals surface area contributed by atoms with E-state index in [0.29, 0.717) is 12.6 Å². The number of benzene rings is 1. The maximum atomic E-state index is 8.67. The quantitative estimate of drug-likeness (QED) is 0.365. The highest BCUT2D eigenvalue weighted by atomic mass is 16.5. The Balaban J connectivity index is 1.97. The molecule has 1 aromatic rings. The molecule has 0 radical (unpaired) electrons. The molecule has 1 atom stereocenters. The van der Waals surface area contributed by atoms with Crippen LogP contribution in [0.2, 0.25) is 0 Å². The average Bonchev–Trinajstić information content (AvgIpc) is 2.79. The molecule has 0 saturated heterocycles. The largest absolute Gasteiger partial charge is 0.488 e. The molecule has 5 heteroatoms. The minimum absolute atomic E-state index is 0.131. The van der Waals surface area contributed by atoms with Crippen molar-refractivity contribution in [2.45, 2.75) is 32.4 Å². The summed E-state index contributed by atoms with van der Waals surface area (Å²) in [6.45, 7) is 5.40. The summed E-state index contributed by atoms with van der Waals surface area (Å²) in [4.78, 5) is 2.14. The highest BCUT2D eigenvalue weighted by Gasteiger charge is 2.25. The van der Waals surface area contributed by atoms with Gasteiger partial charge in [-0.05, 0) is 25.5 Å². The van der Waals surface area contributed by atoms with Gasteiger partial charge in [0.05, 0.1) is 6.54 Å². The highest BCUT2D eigenvalue weighted by molar-refractivity contribution is 5.81. The number of hydrogen-bond donors (Lipinski definition) is 2. The summed E-state index contributed by atoms with van der Waals surface area (Å²) in [5, 5.41) is 11.7. The van der Waals surface area contributed by atoms with Crippen LogP contribution in [0.1, 0.15) is 19.4 Å². The van der Waals surface area contributed by atoms with E-state index in [9.17, 15) is 0 Å². The van der Waals surface area contributed by atoms with Gasteiger partial charge in [0.1, 0.15) is 11.9 Å². The molecule has 2 rings (SSSR count). The van der Waals surface area contributed by atoms with Crippen LogP contribution in [-0.4, -0.2) is 41.2 Å². The molecule has 0 saturated carbocycles. The van der Waals surface area contributed by atoms with E-state index in [1.807, 2.05) is 18.2 Å². The second-order valence-electron chi connectivity index (χ2n) is 5.17. The first kappa shape index (κ1) is 13.7. The van der Waals surface area contributed by atoms with Crippen molar-refractivity contribution in [1.82, 2.24) is 4.90 Å². The lowest BCUT2D eigenvalue weighted by atomic mass is 10.1. The first-order valence-electron chi connectivity index (χ1n) is 6.55. The number of nitrogens with two attached hydrogens (primary N) is 1. The van der Waals surface area contributed by atoms with Gasteiger partial charge in [-0.2, -0.15) is 0 Å². The van der Waals surface area contributed by atoms with Crippen molar-refractivity contribution in [1.29, 1.82) is 0 Å². The van der Waals surface area contributed by atoms with Crippen LogP contribution in [0.15, 0.2) is 29.4 Å². The molecule has 0 aromatic heterocycles. The number of ether oxygens (including phenoxy) is 1. The molecule has 1 aliphatic rings. The topological polar surface area (TPSA) is 71.1 Å². The van der Waals surface area contributed by atoms with Crippen LogP contribution in [0.25, 0.3) is 0 Å². The van der Waals surface area contributed by atoms with Crippen LogP contribution in [0, 0.1) is 0 Å². The third kappa shape index (κ3) is 3.38. The predicted molar refractivity (Wildman–Crippen MR) is 74.7 cm³/mol. The fraction of sp³-hybridized carbons (Fsp3) is 0.500. The molecule has 1 unspecified atom stereocenters. The van der Waals surface area contributed by atoms with Crippen molar-refractivity contribution in [3.8, 4) is 5.75 Å². The van der Waals surface area contributed by atoms with Gasteiger partial charge in [-0.3, -0.25) is 4.90 Å². The fourth-order valence-corrected chi connectivity index (χ4v) is 2.31. The van der Waals surface area contributed by atoms with Crippen molar-refractivity contribution < 1.29 is 9.94 Å². The lowest BCUT2D eigenvalue weighted by molar-refractivity contribution is 0.140. The van der Waals surface area contributed by atoms with E-state index in [-0.39, 0.29) is 11.9 Å². The van der Waals surface area contributed by atoms with Crippen LogP contribution < -0.4 is 10.5 Å². The third-order valence-corrected chi connectivity index (χ3v) is 3.38. The molecule has 1 aromatic carbocycles. The predicted octanol–water partition coefficient (Wildman–Crippen LogP) is 1.45. The number of nitrogens with zero attached hydrogens (tertiary/aromatic N) is 2. The molecule has 0 amide bonds. The lowest BCUT2D eigenvalue weighted by Gasteiger charge is -2.28. The average molecular weight is 263 g/mol. The van der Waals surface area contributed by atoms with Crippen molar-refractivity contribution in [2.75, 3.05) is 13.1 Å². The Morgan fingerprint density at radius 2 is 2.26 bits per heavy atom. The molecule has 1 aliphatic heterocycles. The molecular weight excluding hydrogens is 242 g/mol. The van der Waals surface area contributed by atoms with Crippen molar-refractivity contribution >= 4 is 5.84 Å². The van der Waals surface area contributed by atoms with Gasteiger partial charge < -0.3 is 15.7 Å². The zero-order valence-electron chi connectivity index (χ0n) is 11.4. The number of rotatable bonds is 5. The first-order chi connectivity index (χ1) is 9.10. The van der Waals surface area contributed by atoms with E-state index in [1.54, 1.807) is 0 Å². The van der Waals surface area contributed by atoms with Gasteiger partial charge >= 0.3 is 0 Å². The SMILES string of the molecule is CC(C)N(CC(N)=NO)CC1Cc2ccccc2O1. The Bertz CT molecular complexity index is 435. The fourth-order valence-electron chi connectivity index (χ4n) is 2.31. The Morgan fingerprint density at radius 1 is 1.53 bits per heavy atom. The van der Waals surface area contributed by atoms with Gasteiger partial charge in [-0.25, -0.2) is 0 Å². The summed E-state index contributed by atoms with van der Waals surface area (Å²) in [5.74, 6) is 1.20. The molecule has 5 nitrogen and oxygen atoms in total. The maximum absolute atomic E-state index is 8.67. The Labute approximate surface area is 113 Å². The normalized spacial score (nSPS) is 18.7. The third-order valence-electron chi connectivity index (χ3n) is 3.38. The minimum atomic E-state index is 0.131. The molecule has 0 aliphatic carbocycles. The van der Waals surface area contributed by atoms with E-state index in [0.717, 1.165) is 18.7 Å². The molecule has 1 heterocycles. The van der Waals surface area contributed by atoms with E-state index >= 15 is 0 Å². The molecule has 3 N–H and O–H groups in total. The Hall–Kier alpha value is -1.75. The van der Waals surface area contributed by atoms with Gasteiger partial charge in [0, 0.05) is 19.0 Å². The molecule has 19 heavy (non-hydrogen) atoms. The van der Waals surface area contributed by atoms with Crippen LogP contribution in [0.3, 0.4) is 0 Å². The summed E-state index contributed by atoms with van der Waals surface area (Å²) < 4.78 is 5.92. The van der Waals surface area contributed by atoms with Crippen LogP contribution in [-0.2, 0) is 6.42 Å². The number of oxime groups is 1. The smallest absolute Gasteiger partial charge is 0.153 e. The number of hydrogen-bond acceptors (Lipinski definition) is 4. The molecule has 104 valence electrons. The first-order valence-corrected chi connectivity index (χ1v) is 6.55. The second-order valence-corrected chi connectivity index (χ2v) is 5.17. The Kier molecular flexibility index (Phi) is 4.27. The van der Waals surface area contributed by atoms with Crippen LogP contribution >= 0.6 is 0 Å². The van der Waals surface area contributed by atoms with E-state index < -0.39 is 0 Å². The van der Waals surface area contributed by atoms with Crippen molar-refractivity contribution in [3.05, 3.63) is 29.8 Å². The van der Waals surface area contributed by atoms with Gasteiger partial charge in [0.25, 0.3) is 0 Å². The lowest BCUT2D eigenvalue weighted by Crippen LogP contribution is -2.44. The van der Waals surface area contributed by atoms with Gasteiger partial charge in [0.2, 0.25) is 0 Å². The van der Waals surface area contributed by atoms with Crippen molar-refractivity contribution in [2.24, 2.45) is 10.9 Å². The number of fused-ring (bicyclic) bond motifs is 1. The maximum Gasteiger partial charge on any atom is 0.153 e. The summed E-state index contributed by atoms with van der Waals surface area (Å²) in [7, 11) is 0. The van der Waals surface area contributed by atoms with Gasteiger partial charge in [-0.15, -0.1) is 0 Å². The summed E-state index contributed by atoms with van der Waals surface area (Å²) >= 11 is 0. The summed E-state index contributed by atoms with van der Waals surface area (Å²) in [5.41, 5.74) is 6.84. The number of amidine groups is 1. The molecular formula is C14H21N3O2. The van der Waals surface area contributed by atoms with Gasteiger partial charge in [0.15, 0.2) is 5.84 Å². The van der Waals surface area contributed by atoms with E-state index in [1.165, 1.54) is 5.56 Å². The van der Waals surface area contributed by atoms with Crippen molar-refractivity contribution in [3.63, 3.8) is 0 Å². The van der Waals surface area contributed by atoms with E-state index in [4.69, 9.17) is 15.7 Å². The van der Waals surface area contributed by atoms with E-state index in [2.05, 4.69) is 30.0 Å². The molecule has 0 fully saturated rings. The zero-order valence-corrected chi connectivity index (χ0v) is 11.4.